The van der Waals surface area contributed by atoms with Crippen LogP contribution in [0.2, 0.25) is 0 Å². The van der Waals surface area contributed by atoms with E-state index in [9.17, 15) is 0 Å². The lowest BCUT2D eigenvalue weighted by Gasteiger charge is -2.10. The number of nitrogens with zero attached hydrogens (tertiary/aromatic N) is 2. The molecule has 4 N–H and O–H groups in total. The quantitative estimate of drug-likeness (QED) is 0.548. The van der Waals surface area contributed by atoms with Gasteiger partial charge in [0.1, 0.15) is 17.7 Å². The van der Waals surface area contributed by atoms with Crippen molar-refractivity contribution in [2.45, 2.75) is 38.5 Å². The Balaban J connectivity index is 1.93. The summed E-state index contributed by atoms with van der Waals surface area (Å²) in [6.07, 6.45) is 12.8. The first-order valence-electron chi connectivity index (χ1n) is 7.41. The van der Waals surface area contributed by atoms with Crippen LogP contribution in [0.3, 0.4) is 0 Å². The van der Waals surface area contributed by atoms with Crippen LogP contribution < -0.4 is 10.6 Å². The van der Waals surface area contributed by atoms with Crippen molar-refractivity contribution in [1.82, 2.24) is 9.97 Å². The van der Waals surface area contributed by atoms with Gasteiger partial charge in [-0.05, 0) is 32.1 Å². The molecule has 0 fully saturated rings. The van der Waals surface area contributed by atoms with Crippen LogP contribution in [-0.2, 0) is 0 Å². The fourth-order valence-electron chi connectivity index (χ4n) is 2.57. The maximum Gasteiger partial charge on any atom is 0.238 e. The number of nitrogens with two attached hydrogens (primary N) is 1. The van der Waals surface area contributed by atoms with Crippen LogP contribution in [-0.4, -0.2) is 29.8 Å². The van der Waals surface area contributed by atoms with Gasteiger partial charge < -0.3 is 10.7 Å². The highest BCUT2D eigenvalue weighted by atomic mass is 15.1. The van der Waals surface area contributed by atoms with Crippen molar-refractivity contribution >= 4 is 17.9 Å². The molecule has 20 heavy (non-hydrogen) atoms. The zero-order chi connectivity index (χ0) is 14.2. The molecule has 0 saturated heterocycles. The van der Waals surface area contributed by atoms with E-state index in [0.29, 0.717) is 0 Å². The molecule has 2 rings (SSSR count). The SMILES string of the molecule is C[NH2+]c1ncnc(NCCC2=CCCCCC2)c1C=N. The number of allylic oxidation sites excluding steroid dienone is 1. The molecule has 0 saturated carbocycles. The number of aromatic nitrogens is 2. The number of quaternary nitrogens is 1. The molecule has 1 aliphatic carbocycles. The van der Waals surface area contributed by atoms with Crippen molar-refractivity contribution in [3.8, 4) is 0 Å². The highest BCUT2D eigenvalue weighted by Gasteiger charge is 2.11. The van der Waals surface area contributed by atoms with Gasteiger partial charge in [0.15, 0.2) is 0 Å². The highest BCUT2D eigenvalue weighted by molar-refractivity contribution is 5.88. The van der Waals surface area contributed by atoms with Crippen LogP contribution in [0.25, 0.3) is 0 Å². The Morgan fingerprint density at radius 1 is 1.35 bits per heavy atom. The summed E-state index contributed by atoms with van der Waals surface area (Å²) in [5, 5.41) is 12.8. The Kier molecular flexibility index (Phi) is 5.68. The molecular formula is C15H24N5+. The fourth-order valence-corrected chi connectivity index (χ4v) is 2.57. The topological polar surface area (TPSA) is 78.3 Å². The van der Waals surface area contributed by atoms with Gasteiger partial charge in [0.2, 0.25) is 5.82 Å². The van der Waals surface area contributed by atoms with Gasteiger partial charge in [0.25, 0.3) is 0 Å². The second-order valence-electron chi connectivity index (χ2n) is 5.09. The van der Waals surface area contributed by atoms with Crippen molar-refractivity contribution in [1.29, 1.82) is 5.41 Å². The van der Waals surface area contributed by atoms with Crippen LogP contribution in [0.5, 0.6) is 0 Å². The maximum atomic E-state index is 7.51. The standard InChI is InChI=1S/C15H23N5/c1-17-14-13(10-16)15(20-11-19-14)18-9-8-12-6-4-2-3-5-7-12/h6,10-11,16H,2-5,7-9H2,1H3,(H2,17,18,19,20)/p+1. The number of anilines is 1. The molecule has 1 aromatic heterocycles. The van der Waals surface area contributed by atoms with Crippen molar-refractivity contribution in [2.75, 3.05) is 18.9 Å². The molecule has 1 heterocycles. The van der Waals surface area contributed by atoms with Gasteiger partial charge in [0, 0.05) is 12.8 Å². The van der Waals surface area contributed by atoms with Crippen LogP contribution in [0.1, 0.15) is 44.1 Å². The smallest absolute Gasteiger partial charge is 0.238 e. The summed E-state index contributed by atoms with van der Waals surface area (Å²) >= 11 is 0. The number of hydrogen-bond acceptors (Lipinski definition) is 4. The lowest BCUT2D eigenvalue weighted by atomic mass is 10.1. The predicted octanol–water partition coefficient (Wildman–Crippen LogP) is 1.99. The Bertz CT molecular complexity index is 481. The zero-order valence-electron chi connectivity index (χ0n) is 12.2. The molecule has 108 valence electrons. The summed E-state index contributed by atoms with van der Waals surface area (Å²) in [5.74, 6) is 1.57. The van der Waals surface area contributed by atoms with E-state index in [1.807, 2.05) is 12.4 Å². The van der Waals surface area contributed by atoms with Crippen molar-refractivity contribution in [3.63, 3.8) is 0 Å². The van der Waals surface area contributed by atoms with Gasteiger partial charge in [-0.1, -0.05) is 18.1 Å². The van der Waals surface area contributed by atoms with Crippen LogP contribution in [0.4, 0.5) is 11.6 Å². The minimum atomic E-state index is 0.761. The minimum Gasteiger partial charge on any atom is -0.369 e. The molecule has 1 aliphatic rings. The summed E-state index contributed by atoms with van der Waals surface area (Å²) < 4.78 is 0. The van der Waals surface area contributed by atoms with E-state index in [1.165, 1.54) is 38.3 Å². The summed E-state index contributed by atoms with van der Waals surface area (Å²) in [6, 6.07) is 0. The highest BCUT2D eigenvalue weighted by Crippen LogP contribution is 2.20. The van der Waals surface area contributed by atoms with E-state index in [0.717, 1.165) is 30.2 Å². The van der Waals surface area contributed by atoms with E-state index >= 15 is 0 Å². The van der Waals surface area contributed by atoms with Crippen LogP contribution >= 0.6 is 0 Å². The molecule has 0 radical (unpaired) electrons. The van der Waals surface area contributed by atoms with Crippen molar-refractivity contribution in [3.05, 3.63) is 23.5 Å². The average molecular weight is 274 g/mol. The lowest BCUT2D eigenvalue weighted by molar-refractivity contribution is -0.543. The normalized spacial score (nSPS) is 15.3. The average Bonchev–Trinajstić information content (AvgIpc) is 2.75. The monoisotopic (exact) mass is 274 g/mol. The first-order chi connectivity index (χ1) is 9.85. The third-order valence-corrected chi connectivity index (χ3v) is 3.71. The van der Waals surface area contributed by atoms with E-state index in [2.05, 4.69) is 21.4 Å². The summed E-state index contributed by atoms with van der Waals surface area (Å²) in [6.45, 7) is 0.868. The van der Waals surface area contributed by atoms with E-state index < -0.39 is 0 Å². The lowest BCUT2D eigenvalue weighted by Crippen LogP contribution is -2.73. The van der Waals surface area contributed by atoms with Gasteiger partial charge in [-0.25, -0.2) is 4.98 Å². The molecular weight excluding hydrogens is 250 g/mol. The Labute approximate surface area is 120 Å². The van der Waals surface area contributed by atoms with Crippen molar-refractivity contribution in [2.24, 2.45) is 0 Å². The molecule has 0 atom stereocenters. The van der Waals surface area contributed by atoms with Crippen LogP contribution in [0, 0.1) is 5.41 Å². The van der Waals surface area contributed by atoms with Crippen molar-refractivity contribution < 1.29 is 5.32 Å². The molecule has 0 amide bonds. The summed E-state index contributed by atoms with van der Waals surface area (Å²) in [5.41, 5.74) is 2.33. The molecule has 0 aromatic carbocycles. The summed E-state index contributed by atoms with van der Waals surface area (Å²) in [7, 11) is 1.93. The second kappa shape index (κ2) is 7.75. The number of hydrogen-bond donors (Lipinski definition) is 3. The maximum absolute atomic E-state index is 7.51. The predicted molar refractivity (Wildman–Crippen MR) is 81.7 cm³/mol. The fraction of sp³-hybridized carbons (Fsp3) is 0.533. The van der Waals surface area contributed by atoms with E-state index in [-0.39, 0.29) is 0 Å². The summed E-state index contributed by atoms with van der Waals surface area (Å²) in [4.78, 5) is 8.42. The number of rotatable bonds is 6. The molecule has 0 spiro atoms. The second-order valence-corrected chi connectivity index (χ2v) is 5.09. The third-order valence-electron chi connectivity index (χ3n) is 3.71. The largest absolute Gasteiger partial charge is 0.369 e. The molecule has 0 unspecified atom stereocenters. The Hall–Kier alpha value is -1.75. The van der Waals surface area contributed by atoms with E-state index in [4.69, 9.17) is 5.41 Å². The Morgan fingerprint density at radius 3 is 3.05 bits per heavy atom. The molecule has 0 bridgehead atoms. The number of nitrogens with one attached hydrogen (secondary N) is 2. The molecule has 5 heteroatoms. The third kappa shape index (κ3) is 3.87. The Morgan fingerprint density at radius 2 is 2.25 bits per heavy atom. The minimum absolute atomic E-state index is 0.761. The van der Waals surface area contributed by atoms with Gasteiger partial charge >= 0.3 is 0 Å². The first kappa shape index (κ1) is 14.7. The van der Waals surface area contributed by atoms with Gasteiger partial charge in [-0.2, -0.15) is 4.98 Å². The van der Waals surface area contributed by atoms with Gasteiger partial charge in [0.05, 0.1) is 7.05 Å². The van der Waals surface area contributed by atoms with Crippen LogP contribution in [0.15, 0.2) is 18.0 Å². The molecule has 5 nitrogen and oxygen atoms in total. The zero-order valence-corrected chi connectivity index (χ0v) is 12.2. The van der Waals surface area contributed by atoms with Gasteiger partial charge in [-0.3, -0.25) is 5.32 Å². The molecule has 1 aromatic rings. The first-order valence-corrected chi connectivity index (χ1v) is 7.41. The molecule has 0 aliphatic heterocycles. The van der Waals surface area contributed by atoms with E-state index in [1.54, 1.807) is 11.9 Å². The van der Waals surface area contributed by atoms with Gasteiger partial charge in [-0.15, -0.1) is 0 Å².